The summed E-state index contributed by atoms with van der Waals surface area (Å²) in [6.07, 6.45) is 1.34. The van der Waals surface area contributed by atoms with Gasteiger partial charge in [0.1, 0.15) is 11.5 Å². The number of esters is 1. The molecule has 0 aliphatic heterocycles. The van der Waals surface area contributed by atoms with Crippen molar-refractivity contribution in [3.05, 3.63) is 82.5 Å². The number of pyridine rings is 1. The van der Waals surface area contributed by atoms with Crippen molar-refractivity contribution in [2.75, 3.05) is 11.9 Å². The topological polar surface area (TPSA) is 77.5 Å². The summed E-state index contributed by atoms with van der Waals surface area (Å²) >= 11 is 11.7. The number of halogens is 2. The smallest absolute Gasteiger partial charge is 0.338 e. The quantitative estimate of drug-likeness (QED) is 0.573. The van der Waals surface area contributed by atoms with Gasteiger partial charge < -0.3 is 14.8 Å². The van der Waals surface area contributed by atoms with Gasteiger partial charge in [-0.25, -0.2) is 9.78 Å². The number of nitrogens with zero attached hydrogens (tertiary/aromatic N) is 1. The Kier molecular flexibility index (Phi) is 6.47. The lowest BCUT2D eigenvalue weighted by Crippen LogP contribution is -2.21. The van der Waals surface area contributed by atoms with Crippen LogP contribution in [0.25, 0.3) is 0 Å². The first-order valence-electron chi connectivity index (χ1n) is 8.12. The second-order valence-corrected chi connectivity index (χ2v) is 6.39. The molecule has 3 aromatic rings. The van der Waals surface area contributed by atoms with Crippen LogP contribution in [0.4, 0.5) is 5.82 Å². The van der Waals surface area contributed by atoms with E-state index in [1.165, 1.54) is 18.3 Å². The van der Waals surface area contributed by atoms with Crippen molar-refractivity contribution >= 4 is 40.9 Å². The summed E-state index contributed by atoms with van der Waals surface area (Å²) in [4.78, 5) is 28.1. The number of ether oxygens (including phenoxy) is 2. The lowest BCUT2D eigenvalue weighted by molar-refractivity contribution is -0.119. The minimum atomic E-state index is -0.663. The van der Waals surface area contributed by atoms with Crippen molar-refractivity contribution in [1.82, 2.24) is 4.98 Å². The number of rotatable bonds is 6. The van der Waals surface area contributed by atoms with E-state index < -0.39 is 18.5 Å². The molecule has 1 amide bonds. The molecule has 28 heavy (non-hydrogen) atoms. The first-order chi connectivity index (χ1) is 13.5. The molecule has 0 spiro atoms. The van der Waals surface area contributed by atoms with Crippen LogP contribution in [-0.2, 0) is 9.53 Å². The Bertz CT molecular complexity index is 997. The Morgan fingerprint density at radius 3 is 2.46 bits per heavy atom. The predicted molar refractivity (Wildman–Crippen MR) is 106 cm³/mol. The van der Waals surface area contributed by atoms with E-state index in [1.54, 1.807) is 30.3 Å². The Labute approximate surface area is 171 Å². The molecular weight excluding hydrogens is 403 g/mol. The van der Waals surface area contributed by atoms with Gasteiger partial charge in [-0.05, 0) is 36.4 Å². The van der Waals surface area contributed by atoms with Gasteiger partial charge in [0, 0.05) is 6.20 Å². The van der Waals surface area contributed by atoms with Crippen molar-refractivity contribution in [2.24, 2.45) is 0 Å². The fourth-order valence-corrected chi connectivity index (χ4v) is 2.63. The SMILES string of the molecule is O=C(COC(=O)c1cccc(Oc2ccccc2)c1)Nc1ncc(Cl)cc1Cl. The summed E-state index contributed by atoms with van der Waals surface area (Å²) in [5.74, 6) is -0.00190. The van der Waals surface area contributed by atoms with Gasteiger partial charge in [-0.15, -0.1) is 0 Å². The van der Waals surface area contributed by atoms with Crippen LogP contribution in [0.1, 0.15) is 10.4 Å². The van der Waals surface area contributed by atoms with E-state index in [9.17, 15) is 9.59 Å². The van der Waals surface area contributed by atoms with Gasteiger partial charge in [0.25, 0.3) is 5.91 Å². The highest BCUT2D eigenvalue weighted by Gasteiger charge is 2.13. The van der Waals surface area contributed by atoms with Crippen LogP contribution in [0.15, 0.2) is 66.9 Å². The third kappa shape index (κ3) is 5.45. The molecule has 1 heterocycles. The summed E-state index contributed by atoms with van der Waals surface area (Å²) < 4.78 is 10.7. The number of hydrogen-bond acceptors (Lipinski definition) is 5. The number of anilines is 1. The molecule has 0 bridgehead atoms. The maximum absolute atomic E-state index is 12.2. The van der Waals surface area contributed by atoms with E-state index in [0.29, 0.717) is 16.5 Å². The molecule has 6 nitrogen and oxygen atoms in total. The van der Waals surface area contributed by atoms with Crippen LogP contribution in [-0.4, -0.2) is 23.5 Å². The van der Waals surface area contributed by atoms with Crippen molar-refractivity contribution < 1.29 is 19.1 Å². The van der Waals surface area contributed by atoms with Crippen molar-refractivity contribution in [3.8, 4) is 11.5 Å². The van der Waals surface area contributed by atoms with Gasteiger partial charge in [-0.1, -0.05) is 47.5 Å². The van der Waals surface area contributed by atoms with E-state index in [4.69, 9.17) is 32.7 Å². The second-order valence-electron chi connectivity index (χ2n) is 5.55. The first-order valence-corrected chi connectivity index (χ1v) is 8.88. The normalized spacial score (nSPS) is 10.2. The number of benzene rings is 2. The van der Waals surface area contributed by atoms with Crippen LogP contribution in [0.5, 0.6) is 11.5 Å². The van der Waals surface area contributed by atoms with E-state index >= 15 is 0 Å². The standard InChI is InChI=1S/C20H14Cl2N2O4/c21-14-10-17(22)19(23-11-14)24-18(25)12-27-20(26)13-5-4-8-16(9-13)28-15-6-2-1-3-7-15/h1-11H,12H2,(H,23,24,25). The molecule has 2 aromatic carbocycles. The van der Waals surface area contributed by atoms with Gasteiger partial charge in [-0.2, -0.15) is 0 Å². The van der Waals surface area contributed by atoms with Crippen molar-refractivity contribution in [2.45, 2.75) is 0 Å². The van der Waals surface area contributed by atoms with E-state index in [2.05, 4.69) is 10.3 Å². The van der Waals surface area contributed by atoms with Crippen molar-refractivity contribution in [3.63, 3.8) is 0 Å². The second kappa shape index (κ2) is 9.21. The maximum atomic E-state index is 12.2. The number of para-hydroxylation sites is 1. The molecule has 0 radical (unpaired) electrons. The lowest BCUT2D eigenvalue weighted by Gasteiger charge is -2.09. The Hall–Kier alpha value is -3.09. The molecule has 8 heteroatoms. The Morgan fingerprint density at radius 1 is 0.964 bits per heavy atom. The van der Waals surface area contributed by atoms with Crippen LogP contribution in [0.3, 0.4) is 0 Å². The van der Waals surface area contributed by atoms with E-state index in [-0.39, 0.29) is 16.4 Å². The molecule has 0 saturated carbocycles. The highest BCUT2D eigenvalue weighted by atomic mass is 35.5. The number of carbonyl (C=O) groups excluding carboxylic acids is 2. The van der Waals surface area contributed by atoms with Gasteiger partial charge in [-0.3, -0.25) is 4.79 Å². The molecule has 0 aliphatic carbocycles. The molecule has 0 unspecified atom stereocenters. The summed E-state index contributed by atoms with van der Waals surface area (Å²) in [6.45, 7) is -0.497. The minimum absolute atomic E-state index is 0.130. The molecule has 0 aliphatic rings. The fraction of sp³-hybridized carbons (Fsp3) is 0.0500. The number of amides is 1. The molecule has 0 fully saturated rings. The van der Waals surface area contributed by atoms with Gasteiger partial charge in [0.2, 0.25) is 0 Å². The maximum Gasteiger partial charge on any atom is 0.338 e. The molecular formula is C20H14Cl2N2O4. The third-order valence-electron chi connectivity index (χ3n) is 3.45. The largest absolute Gasteiger partial charge is 0.457 e. The number of hydrogen-bond donors (Lipinski definition) is 1. The highest BCUT2D eigenvalue weighted by molar-refractivity contribution is 6.36. The summed E-state index contributed by atoms with van der Waals surface area (Å²) in [5, 5.41) is 2.96. The zero-order valence-corrected chi connectivity index (χ0v) is 15.9. The van der Waals surface area contributed by atoms with E-state index in [0.717, 1.165) is 0 Å². The molecule has 3 rings (SSSR count). The van der Waals surface area contributed by atoms with Crippen LogP contribution >= 0.6 is 23.2 Å². The average Bonchev–Trinajstić information content (AvgIpc) is 2.69. The number of carbonyl (C=O) groups is 2. The third-order valence-corrected chi connectivity index (χ3v) is 3.94. The molecule has 0 atom stereocenters. The lowest BCUT2D eigenvalue weighted by atomic mass is 10.2. The number of aromatic nitrogens is 1. The summed E-state index contributed by atoms with van der Waals surface area (Å²) in [6, 6.07) is 17.1. The van der Waals surface area contributed by atoms with Gasteiger partial charge in [0.15, 0.2) is 12.4 Å². The molecule has 1 aromatic heterocycles. The Morgan fingerprint density at radius 2 is 1.71 bits per heavy atom. The first kappa shape index (κ1) is 19.7. The van der Waals surface area contributed by atoms with Crippen molar-refractivity contribution in [1.29, 1.82) is 0 Å². The highest BCUT2D eigenvalue weighted by Crippen LogP contribution is 2.23. The Balaban J connectivity index is 1.57. The molecule has 142 valence electrons. The monoisotopic (exact) mass is 416 g/mol. The predicted octanol–water partition coefficient (Wildman–Crippen LogP) is 4.98. The zero-order chi connectivity index (χ0) is 19.9. The van der Waals surface area contributed by atoms with Gasteiger partial charge in [0.05, 0.1) is 15.6 Å². The molecule has 1 N–H and O–H groups in total. The molecule has 0 saturated heterocycles. The average molecular weight is 417 g/mol. The van der Waals surface area contributed by atoms with Crippen LogP contribution in [0.2, 0.25) is 10.0 Å². The fourth-order valence-electron chi connectivity index (χ4n) is 2.20. The van der Waals surface area contributed by atoms with Gasteiger partial charge >= 0.3 is 5.97 Å². The van der Waals surface area contributed by atoms with E-state index in [1.807, 2.05) is 18.2 Å². The summed E-state index contributed by atoms with van der Waals surface area (Å²) in [5.41, 5.74) is 0.254. The zero-order valence-electron chi connectivity index (χ0n) is 14.4. The van der Waals surface area contributed by atoms with Crippen LogP contribution < -0.4 is 10.1 Å². The minimum Gasteiger partial charge on any atom is -0.457 e. The number of nitrogens with one attached hydrogen (secondary N) is 1. The van der Waals surface area contributed by atoms with Crippen LogP contribution in [0, 0.1) is 0 Å². The summed E-state index contributed by atoms with van der Waals surface area (Å²) in [7, 11) is 0.